The van der Waals surface area contributed by atoms with Crippen molar-refractivity contribution in [1.29, 1.82) is 0 Å². The van der Waals surface area contributed by atoms with Gasteiger partial charge in [-0.05, 0) is 45.3 Å². The number of carbonyl (C=O) groups is 1. The lowest BCUT2D eigenvalue weighted by Gasteiger charge is -2.28. The minimum atomic E-state index is -0.441. The van der Waals surface area contributed by atoms with Crippen LogP contribution in [0.1, 0.15) is 13.8 Å². The van der Waals surface area contributed by atoms with Crippen LogP contribution in [0.4, 0.5) is 27.4 Å². The first-order valence-corrected chi connectivity index (χ1v) is 13.3. The quantitative estimate of drug-likeness (QED) is 0.261. The molecule has 3 heterocycles. The van der Waals surface area contributed by atoms with Gasteiger partial charge in [0, 0.05) is 80.6 Å². The smallest absolute Gasteiger partial charge is 0.229 e. The van der Waals surface area contributed by atoms with E-state index in [9.17, 15) is 4.79 Å². The number of halogens is 1. The van der Waals surface area contributed by atoms with Crippen LogP contribution < -0.4 is 15.5 Å². The molecule has 0 aliphatic heterocycles. The molecule has 5 rings (SSSR count). The van der Waals surface area contributed by atoms with Gasteiger partial charge in [-0.15, -0.1) is 0 Å². The van der Waals surface area contributed by atoms with Gasteiger partial charge in [-0.1, -0.05) is 18.2 Å². The number of amides is 1. The van der Waals surface area contributed by atoms with E-state index >= 15 is 4.39 Å². The molecular formula is C30H35FN8O. The maximum atomic E-state index is 15.7. The second kappa shape index (κ2) is 11.0. The number of fused-ring (bicyclic) bond motifs is 2. The molecule has 2 N–H and O–H groups in total. The highest BCUT2D eigenvalue weighted by Gasteiger charge is 2.20. The van der Waals surface area contributed by atoms with Crippen LogP contribution >= 0.6 is 0 Å². The Labute approximate surface area is 233 Å². The van der Waals surface area contributed by atoms with Crippen molar-refractivity contribution in [3.63, 3.8) is 0 Å². The van der Waals surface area contributed by atoms with Crippen LogP contribution in [0.2, 0.25) is 0 Å². The number of likely N-dealkylation sites (N-methyl/N-ethyl adjacent to an activating group) is 2. The van der Waals surface area contributed by atoms with Gasteiger partial charge in [0.05, 0.1) is 17.1 Å². The molecule has 2 aromatic carbocycles. The second-order valence-electron chi connectivity index (χ2n) is 10.3. The number of hydrogen-bond donors (Lipinski definition) is 2. The molecule has 0 aliphatic carbocycles. The van der Waals surface area contributed by atoms with Crippen LogP contribution in [0.15, 0.2) is 54.9 Å². The first kappa shape index (κ1) is 27.1. The van der Waals surface area contributed by atoms with E-state index in [0.717, 1.165) is 39.7 Å². The third-order valence-corrected chi connectivity index (χ3v) is 7.02. The maximum Gasteiger partial charge on any atom is 0.229 e. The lowest BCUT2D eigenvalue weighted by Crippen LogP contribution is -2.33. The number of hydrogen-bond acceptors (Lipinski definition) is 6. The first-order chi connectivity index (χ1) is 19.2. The van der Waals surface area contributed by atoms with Crippen molar-refractivity contribution in [3.05, 3.63) is 60.7 Å². The normalized spacial score (nSPS) is 11.5. The van der Waals surface area contributed by atoms with Gasteiger partial charge in [0.1, 0.15) is 5.65 Å². The van der Waals surface area contributed by atoms with Crippen molar-refractivity contribution >= 4 is 50.9 Å². The molecule has 40 heavy (non-hydrogen) atoms. The van der Waals surface area contributed by atoms with Crippen LogP contribution in [0.5, 0.6) is 0 Å². The molecule has 1 amide bonds. The number of para-hydroxylation sites is 1. The van der Waals surface area contributed by atoms with Gasteiger partial charge in [0.2, 0.25) is 11.9 Å². The van der Waals surface area contributed by atoms with Gasteiger partial charge >= 0.3 is 0 Å². The summed E-state index contributed by atoms with van der Waals surface area (Å²) < 4.78 is 19.7. The zero-order valence-electron chi connectivity index (χ0n) is 23.8. The van der Waals surface area contributed by atoms with Crippen molar-refractivity contribution in [2.75, 3.05) is 49.3 Å². The minimum absolute atomic E-state index is 0.277. The van der Waals surface area contributed by atoms with Crippen molar-refractivity contribution in [2.24, 2.45) is 14.1 Å². The van der Waals surface area contributed by atoms with E-state index in [1.54, 1.807) is 6.07 Å². The summed E-state index contributed by atoms with van der Waals surface area (Å²) in [7, 11) is 7.90. The number of nitrogens with one attached hydrogen (secondary N) is 2. The number of benzene rings is 2. The molecule has 0 spiro atoms. The van der Waals surface area contributed by atoms with Gasteiger partial charge in [0.15, 0.2) is 5.82 Å². The SMILES string of the molecule is CCN(CCN(C)C)c1c(F)cc(Nc2nc(-c3cn(C)c4ccccc34)c3ccn(C)c3n2)cc1NC(C)=O. The average molecular weight is 543 g/mol. The number of aromatic nitrogens is 4. The number of carbonyl (C=O) groups excluding carboxylic acids is 1. The number of nitrogens with zero attached hydrogens (tertiary/aromatic N) is 6. The summed E-state index contributed by atoms with van der Waals surface area (Å²) in [6.07, 6.45) is 4.02. The molecule has 0 aliphatic rings. The molecule has 0 bridgehead atoms. The molecule has 5 aromatic rings. The highest BCUT2D eigenvalue weighted by molar-refractivity contribution is 6.03. The molecule has 9 nitrogen and oxygen atoms in total. The van der Waals surface area contributed by atoms with Gasteiger partial charge in [-0.25, -0.2) is 9.37 Å². The van der Waals surface area contributed by atoms with E-state index in [0.29, 0.717) is 36.1 Å². The Hall–Kier alpha value is -4.44. The van der Waals surface area contributed by atoms with Crippen molar-refractivity contribution in [2.45, 2.75) is 13.8 Å². The number of rotatable bonds is 9. The third kappa shape index (κ3) is 5.22. The Balaban J connectivity index is 1.60. The van der Waals surface area contributed by atoms with E-state index in [4.69, 9.17) is 9.97 Å². The second-order valence-corrected chi connectivity index (χ2v) is 10.3. The highest BCUT2D eigenvalue weighted by Crippen LogP contribution is 2.36. The predicted molar refractivity (Wildman–Crippen MR) is 161 cm³/mol. The van der Waals surface area contributed by atoms with Crippen LogP contribution in [-0.4, -0.2) is 63.6 Å². The first-order valence-electron chi connectivity index (χ1n) is 13.3. The van der Waals surface area contributed by atoms with Crippen LogP contribution in [0.25, 0.3) is 33.2 Å². The Bertz CT molecular complexity index is 1700. The monoisotopic (exact) mass is 542 g/mol. The Morgan fingerprint density at radius 1 is 1.02 bits per heavy atom. The summed E-state index contributed by atoms with van der Waals surface area (Å²) >= 11 is 0. The van der Waals surface area contributed by atoms with Gasteiger partial charge in [0.25, 0.3) is 0 Å². The van der Waals surface area contributed by atoms with Crippen LogP contribution in [-0.2, 0) is 18.9 Å². The standard InChI is InChI=1S/C30H35FN8O/c1-7-39(15-14-36(3)4)28-24(31)16-20(17-25(28)32-19(2)40)33-30-34-27(22-12-13-37(5)29(22)35-30)23-18-38(6)26-11-9-8-10-21(23)26/h8-13,16-18H,7,14-15H2,1-6H3,(H,32,40)(H,33,34,35). The van der Waals surface area contributed by atoms with Crippen molar-refractivity contribution < 1.29 is 9.18 Å². The maximum absolute atomic E-state index is 15.7. The lowest BCUT2D eigenvalue weighted by molar-refractivity contribution is -0.114. The number of anilines is 4. The average Bonchev–Trinajstić information content (AvgIpc) is 3.44. The highest BCUT2D eigenvalue weighted by atomic mass is 19.1. The topological polar surface area (TPSA) is 83.2 Å². The van der Waals surface area contributed by atoms with Gasteiger partial charge < -0.3 is 29.6 Å². The summed E-state index contributed by atoms with van der Waals surface area (Å²) in [5.74, 6) is -0.386. The third-order valence-electron chi connectivity index (χ3n) is 7.02. The van der Waals surface area contributed by atoms with Crippen LogP contribution in [0, 0.1) is 5.82 Å². The molecule has 3 aromatic heterocycles. The molecule has 10 heteroatoms. The predicted octanol–water partition coefficient (Wildman–Crippen LogP) is 5.36. The largest absolute Gasteiger partial charge is 0.366 e. The fourth-order valence-corrected chi connectivity index (χ4v) is 5.08. The Morgan fingerprint density at radius 3 is 2.52 bits per heavy atom. The summed E-state index contributed by atoms with van der Waals surface area (Å²) in [4.78, 5) is 25.7. The van der Waals surface area contributed by atoms with Crippen LogP contribution in [0.3, 0.4) is 0 Å². The summed E-state index contributed by atoms with van der Waals surface area (Å²) in [6, 6.07) is 13.4. The Morgan fingerprint density at radius 2 is 1.80 bits per heavy atom. The molecule has 0 unspecified atom stereocenters. The van der Waals surface area contributed by atoms with E-state index in [2.05, 4.69) is 33.5 Å². The van der Waals surface area contributed by atoms with Crippen molar-refractivity contribution in [1.82, 2.24) is 24.0 Å². The van der Waals surface area contributed by atoms with Gasteiger partial charge in [-0.3, -0.25) is 4.79 Å². The molecule has 0 atom stereocenters. The summed E-state index contributed by atoms with van der Waals surface area (Å²) in [5, 5.41) is 8.03. The lowest BCUT2D eigenvalue weighted by atomic mass is 10.1. The molecule has 0 saturated heterocycles. The summed E-state index contributed by atoms with van der Waals surface area (Å²) in [5.41, 5.74) is 4.81. The number of aryl methyl sites for hydroxylation is 2. The van der Waals surface area contributed by atoms with Gasteiger partial charge in [-0.2, -0.15) is 4.98 Å². The minimum Gasteiger partial charge on any atom is -0.366 e. The van der Waals surface area contributed by atoms with E-state index in [1.807, 2.05) is 73.9 Å². The van der Waals surface area contributed by atoms with Crippen molar-refractivity contribution in [3.8, 4) is 11.3 Å². The molecule has 0 saturated carbocycles. The molecule has 208 valence electrons. The zero-order chi connectivity index (χ0) is 28.6. The van der Waals surface area contributed by atoms with E-state index in [-0.39, 0.29) is 5.91 Å². The fraction of sp³-hybridized carbons (Fsp3) is 0.300. The Kier molecular flexibility index (Phi) is 7.44. The molecular weight excluding hydrogens is 507 g/mol. The van der Waals surface area contributed by atoms with E-state index in [1.165, 1.54) is 13.0 Å². The van der Waals surface area contributed by atoms with E-state index < -0.39 is 5.82 Å². The fourth-order valence-electron chi connectivity index (χ4n) is 5.08. The summed E-state index contributed by atoms with van der Waals surface area (Å²) in [6.45, 7) is 5.33. The molecule has 0 radical (unpaired) electrons. The molecule has 0 fully saturated rings. The zero-order valence-corrected chi connectivity index (χ0v) is 23.8.